The zero-order valence-electron chi connectivity index (χ0n) is 22.9. The van der Waals surface area contributed by atoms with E-state index in [9.17, 15) is 14.4 Å². The van der Waals surface area contributed by atoms with Gasteiger partial charge in [0.15, 0.2) is 16.6 Å². The molecule has 2 aliphatic carbocycles. The monoisotopic (exact) mass is 564 g/mol. The summed E-state index contributed by atoms with van der Waals surface area (Å²) in [6.07, 6.45) is 4.21. The highest BCUT2D eigenvalue weighted by molar-refractivity contribution is 7.15. The Morgan fingerprint density at radius 3 is 2.55 bits per heavy atom. The number of ether oxygens (including phenoxy) is 3. The molecular weight excluding hydrogens is 532 g/mol. The molecular formula is C29H32N4O6S. The van der Waals surface area contributed by atoms with Crippen molar-refractivity contribution in [3.63, 3.8) is 0 Å². The van der Waals surface area contributed by atoms with Gasteiger partial charge in [-0.3, -0.25) is 14.4 Å². The number of aryl methyl sites for hydroxylation is 3. The van der Waals surface area contributed by atoms with Crippen LogP contribution in [0.25, 0.3) is 11.1 Å². The van der Waals surface area contributed by atoms with Crippen molar-refractivity contribution in [3.8, 4) is 28.4 Å². The van der Waals surface area contributed by atoms with Crippen LogP contribution in [0.5, 0.6) is 17.2 Å². The third kappa shape index (κ3) is 5.33. The Bertz CT molecular complexity index is 1510. The number of carbonyl (C=O) groups excluding carboxylic acids is 2. The maximum atomic E-state index is 13.4. The predicted molar refractivity (Wildman–Crippen MR) is 154 cm³/mol. The molecule has 0 saturated carbocycles. The minimum Gasteiger partial charge on any atom is -0.493 e. The molecule has 5 rings (SSSR count). The number of thiazole rings is 1. The molecule has 0 radical (unpaired) electrons. The van der Waals surface area contributed by atoms with E-state index < -0.39 is 6.04 Å². The van der Waals surface area contributed by atoms with Gasteiger partial charge in [0.1, 0.15) is 0 Å². The first kappa shape index (κ1) is 27.4. The molecule has 3 aromatic rings. The fourth-order valence-electron chi connectivity index (χ4n) is 5.44. The van der Waals surface area contributed by atoms with Crippen molar-refractivity contribution in [2.75, 3.05) is 38.5 Å². The Morgan fingerprint density at radius 1 is 1.05 bits per heavy atom. The summed E-state index contributed by atoms with van der Waals surface area (Å²) in [5, 5.41) is 9.37. The zero-order valence-corrected chi connectivity index (χ0v) is 23.8. The van der Waals surface area contributed by atoms with E-state index in [0.29, 0.717) is 40.8 Å². The molecule has 0 bridgehead atoms. The predicted octanol–water partition coefficient (Wildman–Crippen LogP) is 3.86. The summed E-state index contributed by atoms with van der Waals surface area (Å²) in [6, 6.07) is 6.48. The quantitative estimate of drug-likeness (QED) is 0.376. The molecule has 2 aliphatic rings. The highest BCUT2D eigenvalue weighted by Crippen LogP contribution is 2.50. The molecule has 1 aromatic heterocycles. The van der Waals surface area contributed by atoms with Crippen molar-refractivity contribution < 1.29 is 23.8 Å². The number of amides is 2. The number of hydrogen-bond acceptors (Lipinski definition) is 9. The van der Waals surface area contributed by atoms with E-state index in [2.05, 4.69) is 20.9 Å². The van der Waals surface area contributed by atoms with Crippen molar-refractivity contribution in [2.45, 2.75) is 45.1 Å². The first-order chi connectivity index (χ1) is 19.3. The zero-order chi connectivity index (χ0) is 28.4. The number of hydrogen-bond donors (Lipinski definition) is 3. The van der Waals surface area contributed by atoms with Gasteiger partial charge in [0.2, 0.25) is 23.0 Å². The van der Waals surface area contributed by atoms with Crippen molar-refractivity contribution in [1.82, 2.24) is 10.3 Å². The standard InChI is InChI=1S/C29H32N4O6S/c1-15(34)31-19-10-8-16-12-23(37-2)27(38-3)28(39-4)26(16)17-9-11-20(22(35)13-18(17)19)30-14-25(36)33-29-32-21-6-5-7-24(21)40-29/h9,11-13,19H,5-8,10,14H2,1-4H3,(H,30,35)(H,31,34)(H,32,33,36)/t19-/m0/s1. The Morgan fingerprint density at radius 2 is 1.85 bits per heavy atom. The van der Waals surface area contributed by atoms with E-state index in [-0.39, 0.29) is 29.5 Å². The number of methoxy groups -OCH3 is 3. The third-order valence-corrected chi connectivity index (χ3v) is 8.27. The van der Waals surface area contributed by atoms with Crippen LogP contribution in [0.2, 0.25) is 0 Å². The van der Waals surface area contributed by atoms with Crippen LogP contribution < -0.4 is 35.6 Å². The molecule has 0 fully saturated rings. The van der Waals surface area contributed by atoms with Crippen molar-refractivity contribution in [2.24, 2.45) is 0 Å². The first-order valence-corrected chi connectivity index (χ1v) is 13.9. The van der Waals surface area contributed by atoms with Gasteiger partial charge in [-0.05, 0) is 67.0 Å². The van der Waals surface area contributed by atoms with Gasteiger partial charge in [-0.1, -0.05) is 6.07 Å². The van der Waals surface area contributed by atoms with Gasteiger partial charge in [-0.15, -0.1) is 11.3 Å². The Kier molecular flexibility index (Phi) is 7.92. The van der Waals surface area contributed by atoms with E-state index in [4.69, 9.17) is 14.2 Å². The highest BCUT2D eigenvalue weighted by atomic mass is 32.1. The second-order valence-corrected chi connectivity index (χ2v) is 10.8. The summed E-state index contributed by atoms with van der Waals surface area (Å²) in [5.41, 5.74) is 4.08. The van der Waals surface area contributed by atoms with Crippen molar-refractivity contribution >= 4 is 34.0 Å². The maximum Gasteiger partial charge on any atom is 0.245 e. The molecule has 2 amide bonds. The minimum atomic E-state index is -0.412. The van der Waals surface area contributed by atoms with Crippen LogP contribution in [0.15, 0.2) is 29.1 Å². The number of anilines is 2. The summed E-state index contributed by atoms with van der Waals surface area (Å²) in [4.78, 5) is 43.9. The topological polar surface area (TPSA) is 128 Å². The summed E-state index contributed by atoms with van der Waals surface area (Å²) < 4.78 is 17.0. The Balaban J connectivity index is 1.51. The van der Waals surface area contributed by atoms with Crippen LogP contribution in [0.3, 0.4) is 0 Å². The molecule has 0 spiro atoms. The van der Waals surface area contributed by atoms with Crippen LogP contribution in [0.4, 0.5) is 10.8 Å². The number of nitrogens with zero attached hydrogens (tertiary/aromatic N) is 1. The average Bonchev–Trinajstić information content (AvgIpc) is 3.44. The SMILES string of the molecule is COc1cc2c(c(OC)c1OC)-c1ccc(NCC(=O)Nc3nc4c(s3)CCC4)c(=O)cc1[C@@H](NC(C)=O)CC2. The van der Waals surface area contributed by atoms with Gasteiger partial charge in [-0.25, -0.2) is 4.98 Å². The number of rotatable bonds is 8. The van der Waals surface area contributed by atoms with E-state index in [1.165, 1.54) is 36.3 Å². The molecule has 210 valence electrons. The molecule has 0 unspecified atom stereocenters. The van der Waals surface area contributed by atoms with Crippen LogP contribution in [-0.2, 0) is 28.9 Å². The Hall–Kier alpha value is -4.12. The van der Waals surface area contributed by atoms with Crippen LogP contribution >= 0.6 is 11.3 Å². The average molecular weight is 565 g/mol. The van der Waals surface area contributed by atoms with Crippen LogP contribution in [-0.4, -0.2) is 44.7 Å². The molecule has 3 N–H and O–H groups in total. The molecule has 2 aromatic carbocycles. The normalized spacial score (nSPS) is 15.2. The second-order valence-electron chi connectivity index (χ2n) is 9.74. The van der Waals surface area contributed by atoms with Crippen molar-refractivity contribution in [1.29, 1.82) is 0 Å². The maximum absolute atomic E-state index is 13.4. The van der Waals surface area contributed by atoms with E-state index in [0.717, 1.165) is 41.6 Å². The summed E-state index contributed by atoms with van der Waals surface area (Å²) in [7, 11) is 4.66. The lowest BCUT2D eigenvalue weighted by molar-refractivity contribution is -0.119. The fourth-order valence-corrected chi connectivity index (χ4v) is 6.50. The lowest BCUT2D eigenvalue weighted by atomic mass is 9.95. The van der Waals surface area contributed by atoms with Crippen LogP contribution in [0, 0.1) is 0 Å². The van der Waals surface area contributed by atoms with Crippen molar-refractivity contribution in [3.05, 3.63) is 56.2 Å². The summed E-state index contributed by atoms with van der Waals surface area (Å²) in [5.74, 6) is 0.946. The van der Waals surface area contributed by atoms with Gasteiger partial charge in [0, 0.05) is 17.4 Å². The summed E-state index contributed by atoms with van der Waals surface area (Å²) >= 11 is 1.50. The molecule has 11 heteroatoms. The first-order valence-electron chi connectivity index (χ1n) is 13.1. The molecule has 10 nitrogen and oxygen atoms in total. The van der Waals surface area contributed by atoms with Crippen LogP contribution in [0.1, 0.15) is 47.5 Å². The van der Waals surface area contributed by atoms with E-state index in [1.807, 2.05) is 12.1 Å². The summed E-state index contributed by atoms with van der Waals surface area (Å²) in [6.45, 7) is 1.35. The molecule has 40 heavy (non-hydrogen) atoms. The van der Waals surface area contributed by atoms with E-state index in [1.54, 1.807) is 20.3 Å². The lowest BCUT2D eigenvalue weighted by Crippen LogP contribution is -2.27. The lowest BCUT2D eigenvalue weighted by Gasteiger charge is -2.19. The minimum absolute atomic E-state index is 0.103. The fraction of sp³-hybridized carbons (Fsp3) is 0.379. The third-order valence-electron chi connectivity index (χ3n) is 7.20. The molecule has 1 atom stereocenters. The van der Waals surface area contributed by atoms with Gasteiger partial charge in [0.05, 0.1) is 45.3 Å². The Labute approximate surface area is 236 Å². The second kappa shape index (κ2) is 11.5. The number of nitrogens with one attached hydrogen (secondary N) is 3. The van der Waals surface area contributed by atoms with E-state index >= 15 is 0 Å². The number of fused-ring (bicyclic) bond motifs is 4. The highest BCUT2D eigenvalue weighted by Gasteiger charge is 2.29. The van der Waals surface area contributed by atoms with Gasteiger partial charge >= 0.3 is 0 Å². The van der Waals surface area contributed by atoms with Gasteiger partial charge < -0.3 is 30.2 Å². The number of aromatic nitrogens is 1. The molecule has 1 heterocycles. The smallest absolute Gasteiger partial charge is 0.245 e. The molecule has 0 saturated heterocycles. The number of carbonyl (C=O) groups is 2. The van der Waals surface area contributed by atoms with Gasteiger partial charge in [-0.2, -0.15) is 0 Å². The van der Waals surface area contributed by atoms with Gasteiger partial charge in [0.25, 0.3) is 0 Å². The largest absolute Gasteiger partial charge is 0.493 e. The molecule has 0 aliphatic heterocycles. The number of benzene rings is 1.